The van der Waals surface area contributed by atoms with E-state index in [-0.39, 0.29) is 24.4 Å². The van der Waals surface area contributed by atoms with Crippen molar-refractivity contribution < 1.29 is 14.4 Å². The van der Waals surface area contributed by atoms with Gasteiger partial charge in [0.2, 0.25) is 11.8 Å². The van der Waals surface area contributed by atoms with Crippen molar-refractivity contribution in [3.8, 4) is 0 Å². The van der Waals surface area contributed by atoms with Crippen LogP contribution in [0.3, 0.4) is 0 Å². The molecule has 0 fully saturated rings. The van der Waals surface area contributed by atoms with E-state index in [1.807, 2.05) is 56.9 Å². The molecule has 0 aromatic heterocycles. The second-order valence-corrected chi connectivity index (χ2v) is 7.48. The Morgan fingerprint density at radius 1 is 1.24 bits per heavy atom. The van der Waals surface area contributed by atoms with Crippen molar-refractivity contribution in [2.45, 2.75) is 51.6 Å². The second-order valence-electron chi connectivity index (χ2n) is 7.48. The van der Waals surface area contributed by atoms with Crippen LogP contribution in [0, 0.1) is 0 Å². The molecule has 0 radical (unpaired) electrons. The van der Waals surface area contributed by atoms with Gasteiger partial charge in [0.1, 0.15) is 0 Å². The molecule has 7 nitrogen and oxygen atoms in total. The van der Waals surface area contributed by atoms with Gasteiger partial charge in [-0.3, -0.25) is 14.9 Å². The van der Waals surface area contributed by atoms with Gasteiger partial charge in [-0.25, -0.2) is 4.79 Å². The number of hydrogen-bond donors (Lipinski definition) is 3. The number of hydrogen-bond acceptors (Lipinski definition) is 4. The van der Waals surface area contributed by atoms with E-state index in [9.17, 15) is 14.4 Å². The van der Waals surface area contributed by atoms with Gasteiger partial charge in [0, 0.05) is 17.3 Å². The van der Waals surface area contributed by atoms with E-state index in [1.165, 1.54) is 0 Å². The lowest BCUT2D eigenvalue weighted by Gasteiger charge is -2.39. The Kier molecular flexibility index (Phi) is 5.35. The summed E-state index contributed by atoms with van der Waals surface area (Å²) in [5.41, 5.74) is 6.72. The highest BCUT2D eigenvalue weighted by atomic mass is 16.2. The first-order chi connectivity index (χ1) is 11.6. The number of rotatable bonds is 3. The van der Waals surface area contributed by atoms with Crippen molar-refractivity contribution in [1.29, 1.82) is 0 Å². The number of para-hydroxylation sites is 1. The lowest BCUT2D eigenvalue weighted by molar-refractivity contribution is -0.119. The maximum absolute atomic E-state index is 12.3. The fourth-order valence-corrected chi connectivity index (χ4v) is 3.08. The van der Waals surface area contributed by atoms with Crippen LogP contribution in [0.1, 0.15) is 45.6 Å². The fraction of sp³-hybridized carbons (Fsp3) is 0.500. The molecule has 4 N–H and O–H groups in total. The maximum atomic E-state index is 12.3. The number of carbonyl (C=O) groups excluding carboxylic acids is 3. The number of benzene rings is 1. The lowest BCUT2D eigenvalue weighted by Crippen LogP contribution is -2.52. The van der Waals surface area contributed by atoms with Gasteiger partial charge in [0.05, 0.1) is 12.5 Å². The molecule has 4 amide bonds. The summed E-state index contributed by atoms with van der Waals surface area (Å²) in [6.07, 6.45) is 0.536. The molecule has 25 heavy (non-hydrogen) atoms. The number of primary amides is 1. The van der Waals surface area contributed by atoms with Gasteiger partial charge in [-0.1, -0.05) is 18.2 Å². The molecule has 0 bridgehead atoms. The van der Waals surface area contributed by atoms with E-state index in [1.54, 1.807) is 0 Å². The van der Waals surface area contributed by atoms with Gasteiger partial charge in [-0.05, 0) is 45.7 Å². The van der Waals surface area contributed by atoms with Crippen molar-refractivity contribution in [3.05, 3.63) is 29.8 Å². The van der Waals surface area contributed by atoms with Crippen molar-refractivity contribution in [2.75, 3.05) is 11.4 Å². The monoisotopic (exact) mass is 346 g/mol. The molecule has 0 saturated heterocycles. The zero-order valence-corrected chi connectivity index (χ0v) is 15.1. The van der Waals surface area contributed by atoms with Crippen molar-refractivity contribution in [1.82, 2.24) is 10.6 Å². The third kappa shape index (κ3) is 4.71. The largest absolute Gasteiger partial charge is 0.369 e. The summed E-state index contributed by atoms with van der Waals surface area (Å²) in [7, 11) is 0. The highest BCUT2D eigenvalue weighted by molar-refractivity contribution is 5.97. The number of fused-ring (bicyclic) bond motifs is 1. The van der Waals surface area contributed by atoms with Gasteiger partial charge in [0.25, 0.3) is 0 Å². The van der Waals surface area contributed by atoms with Gasteiger partial charge < -0.3 is 16.0 Å². The topological polar surface area (TPSA) is 105 Å². The highest BCUT2D eigenvalue weighted by Crippen LogP contribution is 2.37. The number of anilines is 1. The standard InChI is InChI=1S/C18H26N4O3/c1-11-9-13(16(19)24)12-7-5-6-8-14(12)22(11)10-15(23)20-17(25)21-18(2,3)4/h5-8,11,13H,9-10H2,1-4H3,(H2,19,24)(H2,20,21,23,25)/t11-,13+/m1/s1. The van der Waals surface area contributed by atoms with Crippen molar-refractivity contribution >= 4 is 23.5 Å². The van der Waals surface area contributed by atoms with Crippen LogP contribution < -0.4 is 21.3 Å². The summed E-state index contributed by atoms with van der Waals surface area (Å²) in [4.78, 5) is 37.8. The fourth-order valence-electron chi connectivity index (χ4n) is 3.08. The average Bonchev–Trinajstić information content (AvgIpc) is 2.47. The van der Waals surface area contributed by atoms with E-state index in [0.717, 1.165) is 11.3 Å². The highest BCUT2D eigenvalue weighted by Gasteiger charge is 2.33. The molecule has 136 valence electrons. The molecular formula is C18H26N4O3. The SMILES string of the molecule is C[C@@H]1C[C@H](C(N)=O)c2ccccc2N1CC(=O)NC(=O)NC(C)(C)C. The molecule has 1 heterocycles. The van der Waals surface area contributed by atoms with Crippen molar-refractivity contribution in [2.24, 2.45) is 5.73 Å². The van der Waals surface area contributed by atoms with Crippen LogP contribution in [-0.2, 0) is 9.59 Å². The Balaban J connectivity index is 2.13. The van der Waals surface area contributed by atoms with Gasteiger partial charge in [-0.15, -0.1) is 0 Å². The quantitative estimate of drug-likeness (QED) is 0.771. The zero-order chi connectivity index (χ0) is 18.8. The molecule has 1 aromatic carbocycles. The molecule has 0 spiro atoms. The van der Waals surface area contributed by atoms with Crippen LogP contribution in [0.4, 0.5) is 10.5 Å². The minimum atomic E-state index is -0.523. The Morgan fingerprint density at radius 3 is 2.48 bits per heavy atom. The first kappa shape index (κ1) is 18.8. The van der Waals surface area contributed by atoms with Crippen LogP contribution >= 0.6 is 0 Å². The van der Waals surface area contributed by atoms with E-state index in [0.29, 0.717) is 6.42 Å². The minimum absolute atomic E-state index is 0.0290. The third-order valence-corrected chi connectivity index (χ3v) is 4.13. The number of nitrogens with one attached hydrogen (secondary N) is 2. The molecule has 2 rings (SSSR count). The molecule has 1 aromatic rings. The van der Waals surface area contributed by atoms with Gasteiger partial charge >= 0.3 is 6.03 Å². The minimum Gasteiger partial charge on any atom is -0.369 e. The van der Waals surface area contributed by atoms with Gasteiger partial charge in [-0.2, -0.15) is 0 Å². The second kappa shape index (κ2) is 7.13. The molecule has 1 aliphatic heterocycles. The Bertz CT molecular complexity index is 681. The summed E-state index contributed by atoms with van der Waals surface area (Å²) >= 11 is 0. The first-order valence-electron chi connectivity index (χ1n) is 8.35. The smallest absolute Gasteiger partial charge is 0.321 e. The Labute approximate surface area is 147 Å². The van der Waals surface area contributed by atoms with Crippen LogP contribution in [0.2, 0.25) is 0 Å². The van der Waals surface area contributed by atoms with Crippen LogP contribution in [-0.4, -0.2) is 36.0 Å². The Hall–Kier alpha value is -2.57. The molecule has 0 unspecified atom stereocenters. The summed E-state index contributed by atoms with van der Waals surface area (Å²) < 4.78 is 0. The van der Waals surface area contributed by atoms with Crippen LogP contribution in [0.15, 0.2) is 24.3 Å². The van der Waals surface area contributed by atoms with Gasteiger partial charge in [0.15, 0.2) is 0 Å². The maximum Gasteiger partial charge on any atom is 0.321 e. The molecular weight excluding hydrogens is 320 g/mol. The predicted molar refractivity (Wildman–Crippen MR) is 96.2 cm³/mol. The van der Waals surface area contributed by atoms with Crippen LogP contribution in [0.25, 0.3) is 0 Å². The number of urea groups is 1. The van der Waals surface area contributed by atoms with Crippen LogP contribution in [0.5, 0.6) is 0 Å². The number of imide groups is 1. The summed E-state index contributed by atoms with van der Waals surface area (Å²) in [5, 5.41) is 5.04. The van der Waals surface area contributed by atoms with Crippen molar-refractivity contribution in [3.63, 3.8) is 0 Å². The summed E-state index contributed by atoms with van der Waals surface area (Å²) in [6, 6.07) is 6.85. The average molecular weight is 346 g/mol. The molecule has 0 saturated carbocycles. The molecule has 0 aliphatic carbocycles. The van der Waals surface area contributed by atoms with E-state index in [2.05, 4.69) is 10.6 Å². The lowest BCUT2D eigenvalue weighted by atomic mass is 9.85. The molecule has 1 aliphatic rings. The zero-order valence-electron chi connectivity index (χ0n) is 15.1. The Morgan fingerprint density at radius 2 is 1.88 bits per heavy atom. The van der Waals surface area contributed by atoms with E-state index in [4.69, 9.17) is 5.73 Å². The summed E-state index contributed by atoms with van der Waals surface area (Å²) in [6.45, 7) is 7.48. The normalized spacial score (nSPS) is 19.8. The number of nitrogens with zero attached hydrogens (tertiary/aromatic N) is 1. The molecule has 7 heteroatoms. The predicted octanol–water partition coefficient (Wildman–Crippen LogP) is 1.48. The number of carbonyl (C=O) groups is 3. The third-order valence-electron chi connectivity index (χ3n) is 4.13. The number of amides is 4. The summed E-state index contributed by atoms with van der Waals surface area (Å²) in [5.74, 6) is -1.14. The molecule has 2 atom stereocenters. The van der Waals surface area contributed by atoms with E-state index < -0.39 is 17.5 Å². The number of nitrogens with two attached hydrogens (primary N) is 1. The first-order valence-corrected chi connectivity index (χ1v) is 8.35. The van der Waals surface area contributed by atoms with E-state index >= 15 is 0 Å².